The monoisotopic (exact) mass is 904 g/mol. The first-order chi connectivity index (χ1) is 32.7. The molecule has 2 aliphatic rings. The number of benzene rings is 4. The largest absolute Gasteiger partial charge is 0.350 e. The molecule has 0 unspecified atom stereocenters. The molecule has 4 aromatic carbocycles. The Bertz CT molecular complexity index is 3300. The molecule has 0 amide bonds. The van der Waals surface area contributed by atoms with Gasteiger partial charge in [-0.25, -0.2) is 9.97 Å². The van der Waals surface area contributed by atoms with Crippen molar-refractivity contribution in [1.82, 2.24) is 54.4 Å². The van der Waals surface area contributed by atoms with Crippen LogP contribution in [0.1, 0.15) is 65.7 Å². The standard InChI is InChI=1S/C26H25N7.C20H12ClN5.C8H16/c1-26(10-14-28-15-11-26)31-25-30-23(19-8-12-27-13-9-19)22(24-32-29-17-33(24)25)21-7-6-18-4-2-3-5-20(18)16-21;21-20-24-18(14-7-9-22-10-8-14)17(19-25-23-12-26(19)20)16-6-5-13-3-1-2-4-15(13)11-16;1-8(2)6-4-3-5-7-8/h2-9,12-13,16-17,28H,10-11,14-15H2,1H3,(H,30,31);1-12H;3-7H2,1-2H3. The molecule has 6 aromatic heterocycles. The topological polar surface area (TPSA) is 136 Å². The van der Waals surface area contributed by atoms with Gasteiger partial charge in [0.2, 0.25) is 11.2 Å². The molecular weight excluding hydrogens is 852 g/mol. The highest BCUT2D eigenvalue weighted by molar-refractivity contribution is 6.29. The fourth-order valence-corrected chi connectivity index (χ4v) is 9.57. The predicted octanol–water partition coefficient (Wildman–Crippen LogP) is 12.2. The van der Waals surface area contributed by atoms with Crippen LogP contribution >= 0.6 is 11.6 Å². The Morgan fingerprint density at radius 3 is 1.55 bits per heavy atom. The average molecular weight is 906 g/mol. The minimum atomic E-state index is -0.0462. The zero-order valence-corrected chi connectivity index (χ0v) is 38.8. The van der Waals surface area contributed by atoms with E-state index in [9.17, 15) is 0 Å². The van der Waals surface area contributed by atoms with E-state index >= 15 is 0 Å². The summed E-state index contributed by atoms with van der Waals surface area (Å²) in [5.74, 6) is 0.760. The zero-order chi connectivity index (χ0) is 45.8. The van der Waals surface area contributed by atoms with Crippen LogP contribution in [0.2, 0.25) is 5.28 Å². The highest BCUT2D eigenvalue weighted by Gasteiger charge is 2.29. The lowest BCUT2D eigenvalue weighted by Gasteiger charge is -2.35. The second kappa shape index (κ2) is 19.0. The summed E-state index contributed by atoms with van der Waals surface area (Å²) in [6.07, 6.45) is 19.8. The van der Waals surface area contributed by atoms with Gasteiger partial charge in [-0.05, 0) is 132 Å². The van der Waals surface area contributed by atoms with Gasteiger partial charge in [0.05, 0.1) is 22.5 Å². The third-order valence-electron chi connectivity index (χ3n) is 13.2. The molecular formula is C54H53ClN12. The number of anilines is 1. The second-order valence-corrected chi connectivity index (χ2v) is 18.9. The first kappa shape index (κ1) is 43.7. The lowest BCUT2D eigenvalue weighted by molar-refractivity contribution is 0.244. The highest BCUT2D eigenvalue weighted by Crippen LogP contribution is 2.39. The lowest BCUT2D eigenvalue weighted by atomic mass is 9.78. The van der Waals surface area contributed by atoms with Gasteiger partial charge in [0.25, 0.3) is 0 Å². The molecule has 0 radical (unpaired) electrons. The molecule has 12 nitrogen and oxygen atoms in total. The van der Waals surface area contributed by atoms with E-state index in [0.717, 1.165) is 87.7 Å². The number of hydrogen-bond donors (Lipinski definition) is 2. The minimum absolute atomic E-state index is 0.0462. The zero-order valence-electron chi connectivity index (χ0n) is 38.1. The molecule has 336 valence electrons. The molecule has 13 heteroatoms. The molecule has 10 aromatic rings. The van der Waals surface area contributed by atoms with E-state index in [1.54, 1.807) is 41.8 Å². The van der Waals surface area contributed by atoms with E-state index in [0.29, 0.717) is 16.3 Å². The summed E-state index contributed by atoms with van der Waals surface area (Å²) in [5, 5.41) is 29.3. The Morgan fingerprint density at radius 1 is 0.537 bits per heavy atom. The van der Waals surface area contributed by atoms with Crippen LogP contribution in [0.5, 0.6) is 0 Å². The van der Waals surface area contributed by atoms with Crippen molar-refractivity contribution in [3.8, 4) is 44.8 Å². The SMILES string of the molecule is CC1(C)CCCCC1.CC1(Nc2nc(-c3ccncc3)c(-c3ccc4ccccc4c3)c3nncn23)CCNCC1.Clc1nc(-c2ccncc2)c(-c2ccc3ccccc3c2)c2nncn12. The van der Waals surface area contributed by atoms with Gasteiger partial charge in [0.1, 0.15) is 12.7 Å². The minimum Gasteiger partial charge on any atom is -0.350 e. The summed E-state index contributed by atoms with van der Waals surface area (Å²) in [5.41, 5.74) is 9.57. The van der Waals surface area contributed by atoms with Crippen LogP contribution in [0.3, 0.4) is 0 Å². The number of hydrogen-bond acceptors (Lipinski definition) is 10. The number of nitrogens with one attached hydrogen (secondary N) is 2. The van der Waals surface area contributed by atoms with E-state index in [2.05, 4.69) is 140 Å². The van der Waals surface area contributed by atoms with E-state index < -0.39 is 0 Å². The first-order valence-electron chi connectivity index (χ1n) is 23.1. The lowest BCUT2D eigenvalue weighted by Crippen LogP contribution is -2.45. The molecule has 1 saturated carbocycles. The molecule has 1 aliphatic heterocycles. The number of piperidine rings is 1. The van der Waals surface area contributed by atoms with Crippen LogP contribution in [0, 0.1) is 5.41 Å². The Labute approximate surface area is 395 Å². The van der Waals surface area contributed by atoms with E-state index in [4.69, 9.17) is 16.6 Å². The maximum absolute atomic E-state index is 6.36. The van der Waals surface area contributed by atoms with Gasteiger partial charge in [-0.2, -0.15) is 0 Å². The molecule has 2 N–H and O–H groups in total. The van der Waals surface area contributed by atoms with E-state index in [1.165, 1.54) is 48.3 Å². The van der Waals surface area contributed by atoms with Crippen molar-refractivity contribution in [3.63, 3.8) is 0 Å². The third kappa shape index (κ3) is 9.45. The van der Waals surface area contributed by atoms with Crippen molar-refractivity contribution in [2.75, 3.05) is 18.4 Å². The highest BCUT2D eigenvalue weighted by atomic mass is 35.5. The van der Waals surface area contributed by atoms with E-state index in [1.807, 2.05) is 40.8 Å². The third-order valence-corrected chi connectivity index (χ3v) is 13.4. The molecule has 2 fully saturated rings. The number of nitrogens with zero attached hydrogens (tertiary/aromatic N) is 10. The molecule has 67 heavy (non-hydrogen) atoms. The summed E-state index contributed by atoms with van der Waals surface area (Å²) in [7, 11) is 0. The fraction of sp³-hybridized carbons (Fsp3) is 0.259. The van der Waals surface area contributed by atoms with Crippen molar-refractivity contribution < 1.29 is 0 Å². The summed E-state index contributed by atoms with van der Waals surface area (Å²) in [6, 6.07) is 37.2. The number of aromatic nitrogens is 10. The molecule has 1 aliphatic carbocycles. The maximum Gasteiger partial charge on any atom is 0.211 e. The average Bonchev–Trinajstić information content (AvgIpc) is 4.07. The summed E-state index contributed by atoms with van der Waals surface area (Å²) in [6.45, 7) is 9.00. The van der Waals surface area contributed by atoms with Gasteiger partial charge in [-0.1, -0.05) is 106 Å². The molecule has 1 saturated heterocycles. The summed E-state index contributed by atoms with van der Waals surface area (Å²) >= 11 is 6.36. The normalized spacial score (nSPS) is 15.4. The number of rotatable bonds is 6. The van der Waals surface area contributed by atoms with Crippen LogP contribution in [-0.4, -0.2) is 67.8 Å². The fourth-order valence-electron chi connectivity index (χ4n) is 9.36. The van der Waals surface area contributed by atoms with Gasteiger partial charge in [0, 0.05) is 41.5 Å². The quantitative estimate of drug-likeness (QED) is 0.155. The molecule has 0 spiro atoms. The van der Waals surface area contributed by atoms with Gasteiger partial charge in [-0.15, -0.1) is 20.4 Å². The van der Waals surface area contributed by atoms with Crippen LogP contribution < -0.4 is 10.6 Å². The predicted molar refractivity (Wildman–Crippen MR) is 270 cm³/mol. The van der Waals surface area contributed by atoms with Gasteiger partial charge in [-0.3, -0.25) is 18.8 Å². The summed E-state index contributed by atoms with van der Waals surface area (Å²) < 4.78 is 3.67. The Kier molecular flexibility index (Phi) is 12.4. The van der Waals surface area contributed by atoms with Gasteiger partial charge < -0.3 is 10.6 Å². The molecule has 0 atom stereocenters. The Morgan fingerprint density at radius 2 is 1.03 bits per heavy atom. The van der Waals surface area contributed by atoms with Crippen molar-refractivity contribution >= 4 is 50.4 Å². The first-order valence-corrected chi connectivity index (χ1v) is 23.5. The van der Waals surface area contributed by atoms with Crippen molar-refractivity contribution in [1.29, 1.82) is 0 Å². The number of fused-ring (bicyclic) bond motifs is 4. The maximum atomic E-state index is 6.36. The van der Waals surface area contributed by atoms with Crippen molar-refractivity contribution in [2.45, 2.75) is 71.3 Å². The molecule has 0 bridgehead atoms. The Hall–Kier alpha value is -7.15. The number of pyridine rings is 2. The van der Waals surface area contributed by atoms with Gasteiger partial charge >= 0.3 is 0 Å². The van der Waals surface area contributed by atoms with Gasteiger partial charge in [0.15, 0.2) is 11.3 Å². The smallest absolute Gasteiger partial charge is 0.211 e. The molecule has 7 heterocycles. The van der Waals surface area contributed by atoms with Crippen LogP contribution in [0.25, 0.3) is 77.6 Å². The van der Waals surface area contributed by atoms with Crippen molar-refractivity contribution in [2.24, 2.45) is 5.41 Å². The second-order valence-electron chi connectivity index (χ2n) is 18.6. The summed E-state index contributed by atoms with van der Waals surface area (Å²) in [4.78, 5) is 18.1. The Balaban J connectivity index is 0.000000137. The molecule has 12 rings (SSSR count). The van der Waals surface area contributed by atoms with Crippen molar-refractivity contribution in [3.05, 3.63) is 152 Å². The van der Waals surface area contributed by atoms with Crippen LogP contribution in [-0.2, 0) is 0 Å². The number of halogens is 1. The van der Waals surface area contributed by atoms with Crippen LogP contribution in [0.4, 0.5) is 5.95 Å². The van der Waals surface area contributed by atoms with Crippen LogP contribution in [0.15, 0.2) is 147 Å². The van der Waals surface area contributed by atoms with E-state index in [-0.39, 0.29) is 5.54 Å².